The Labute approximate surface area is 118 Å². The third-order valence-corrected chi connectivity index (χ3v) is 2.87. The van der Waals surface area contributed by atoms with Crippen molar-refractivity contribution in [2.45, 2.75) is 12.4 Å². The number of carbonyl (C=O) groups excluding carboxylic acids is 1. The van der Waals surface area contributed by atoms with Gasteiger partial charge in [-0.1, -0.05) is 11.6 Å². The number of halogens is 7. The number of alkyl halides is 6. The fraction of sp³-hybridized carbons (Fsp3) is 0.250. The van der Waals surface area contributed by atoms with Crippen LogP contribution in [-0.4, -0.2) is 18.1 Å². The fourth-order valence-corrected chi connectivity index (χ4v) is 1.94. The van der Waals surface area contributed by atoms with Crippen LogP contribution in [0.3, 0.4) is 0 Å². The Hall–Kier alpha value is -1.70. The minimum atomic E-state index is -5.76. The third kappa shape index (κ3) is 3.15. The predicted octanol–water partition coefficient (Wildman–Crippen LogP) is 5.01. The molecule has 0 saturated carbocycles. The van der Waals surface area contributed by atoms with E-state index in [0.29, 0.717) is 0 Å². The number of hydrogen-bond acceptors (Lipinski definition) is 2. The highest BCUT2D eigenvalue weighted by atomic mass is 35.5. The lowest BCUT2D eigenvalue weighted by molar-refractivity contribution is -0.265. The van der Waals surface area contributed by atoms with Crippen molar-refractivity contribution in [3.63, 3.8) is 0 Å². The molecular formula is C12H5ClF6O2. The lowest BCUT2D eigenvalue weighted by atomic mass is 10.0. The highest BCUT2D eigenvalue weighted by Crippen LogP contribution is 2.41. The summed E-state index contributed by atoms with van der Waals surface area (Å²) in [4.78, 5) is 11.5. The molecule has 0 radical (unpaired) electrons. The van der Waals surface area contributed by atoms with Crippen LogP contribution in [0.5, 0.6) is 0 Å². The lowest BCUT2D eigenvalue weighted by Gasteiger charge is -2.20. The van der Waals surface area contributed by atoms with Gasteiger partial charge in [0.2, 0.25) is 11.7 Å². The van der Waals surface area contributed by atoms with Crippen LogP contribution in [-0.2, 0) is 0 Å². The van der Waals surface area contributed by atoms with Gasteiger partial charge in [-0.25, -0.2) is 0 Å². The second-order valence-corrected chi connectivity index (χ2v) is 4.61. The summed E-state index contributed by atoms with van der Waals surface area (Å²) < 4.78 is 79.6. The number of hydrogen-bond donors (Lipinski definition) is 0. The second kappa shape index (κ2) is 4.94. The Kier molecular flexibility index (Phi) is 3.69. The highest BCUT2D eigenvalue weighted by Gasteiger charge is 2.61. The molecule has 0 fully saturated rings. The fourth-order valence-electron chi connectivity index (χ4n) is 1.76. The zero-order chi connectivity index (χ0) is 16.0. The van der Waals surface area contributed by atoms with Crippen molar-refractivity contribution in [3.8, 4) is 0 Å². The van der Waals surface area contributed by atoms with Crippen LogP contribution in [0.2, 0.25) is 5.02 Å². The molecule has 0 atom stereocenters. The molecule has 1 aromatic carbocycles. The maximum absolute atomic E-state index is 12.5. The van der Waals surface area contributed by atoms with Crippen molar-refractivity contribution in [1.29, 1.82) is 0 Å². The van der Waals surface area contributed by atoms with E-state index in [2.05, 4.69) is 0 Å². The number of fused-ring (bicyclic) bond motifs is 1. The van der Waals surface area contributed by atoms with E-state index < -0.39 is 29.8 Å². The van der Waals surface area contributed by atoms with Gasteiger partial charge in [-0.3, -0.25) is 4.79 Å². The van der Waals surface area contributed by atoms with Crippen LogP contribution in [0.25, 0.3) is 11.0 Å². The maximum atomic E-state index is 12.5. The van der Waals surface area contributed by atoms with Crippen LogP contribution in [0, 0.1) is 5.92 Å². The first-order valence-electron chi connectivity index (χ1n) is 5.37. The summed E-state index contributed by atoms with van der Waals surface area (Å²) in [6.07, 6.45) is -11.5. The molecule has 1 heterocycles. The topological polar surface area (TPSA) is 30.2 Å². The molecule has 0 saturated heterocycles. The molecule has 21 heavy (non-hydrogen) atoms. The first-order chi connectivity index (χ1) is 9.50. The highest BCUT2D eigenvalue weighted by molar-refractivity contribution is 6.31. The van der Waals surface area contributed by atoms with E-state index in [4.69, 9.17) is 16.0 Å². The Morgan fingerprint density at radius 3 is 2.14 bits per heavy atom. The van der Waals surface area contributed by atoms with Gasteiger partial charge < -0.3 is 4.42 Å². The molecule has 0 amide bonds. The molecule has 0 unspecified atom stereocenters. The average Bonchev–Trinajstić information content (AvgIpc) is 2.67. The van der Waals surface area contributed by atoms with Crippen molar-refractivity contribution < 1.29 is 35.6 Å². The SMILES string of the molecule is O=C(c1cc2cc(Cl)ccc2o1)C(C(F)(F)F)C(F)(F)F. The second-order valence-electron chi connectivity index (χ2n) is 4.17. The monoisotopic (exact) mass is 330 g/mol. The van der Waals surface area contributed by atoms with E-state index in [1.807, 2.05) is 0 Å². The third-order valence-electron chi connectivity index (χ3n) is 2.64. The van der Waals surface area contributed by atoms with Crippen molar-refractivity contribution in [1.82, 2.24) is 0 Å². The van der Waals surface area contributed by atoms with Gasteiger partial charge in [0.15, 0.2) is 5.76 Å². The molecule has 0 N–H and O–H groups in total. The van der Waals surface area contributed by atoms with Crippen LogP contribution >= 0.6 is 11.6 Å². The van der Waals surface area contributed by atoms with Crippen LogP contribution in [0.4, 0.5) is 26.3 Å². The van der Waals surface area contributed by atoms with Gasteiger partial charge in [0.1, 0.15) is 5.58 Å². The number of carbonyl (C=O) groups is 1. The number of Topliss-reactive ketones (excluding diaryl/α,β-unsaturated/α-hetero) is 1. The quantitative estimate of drug-likeness (QED) is 0.572. The van der Waals surface area contributed by atoms with Gasteiger partial charge in [-0.15, -0.1) is 0 Å². The van der Waals surface area contributed by atoms with Gasteiger partial charge in [0.05, 0.1) is 0 Å². The van der Waals surface area contributed by atoms with Crippen molar-refractivity contribution >= 4 is 28.4 Å². The normalized spacial score (nSPS) is 13.1. The molecular weight excluding hydrogens is 326 g/mol. The van der Waals surface area contributed by atoms with E-state index >= 15 is 0 Å². The summed E-state index contributed by atoms with van der Waals surface area (Å²) >= 11 is 5.63. The summed E-state index contributed by atoms with van der Waals surface area (Å²) in [5, 5.41) is 0.333. The zero-order valence-corrected chi connectivity index (χ0v) is 10.6. The van der Waals surface area contributed by atoms with Crippen LogP contribution < -0.4 is 0 Å². The molecule has 2 nitrogen and oxygen atoms in total. The minimum absolute atomic E-state index is 0.0363. The molecule has 0 spiro atoms. The molecule has 0 aliphatic heterocycles. The molecule has 1 aromatic heterocycles. The summed E-state index contributed by atoms with van der Waals surface area (Å²) in [6.45, 7) is 0. The van der Waals surface area contributed by atoms with E-state index in [-0.39, 0.29) is 16.0 Å². The Bertz CT molecular complexity index is 671. The Morgan fingerprint density at radius 1 is 1.05 bits per heavy atom. The Balaban J connectivity index is 2.49. The number of furan rings is 1. The standard InChI is InChI=1S/C12H5ClF6O2/c13-6-1-2-7-5(3-6)4-8(21-7)9(20)10(11(14,15)16)12(17,18)19/h1-4,10H. The van der Waals surface area contributed by atoms with Crippen LogP contribution in [0.1, 0.15) is 10.6 Å². The van der Waals surface area contributed by atoms with E-state index in [9.17, 15) is 31.1 Å². The van der Waals surface area contributed by atoms with Crippen molar-refractivity contribution in [2.24, 2.45) is 5.92 Å². The zero-order valence-electron chi connectivity index (χ0n) is 9.85. The molecule has 9 heteroatoms. The van der Waals surface area contributed by atoms with E-state index in [1.165, 1.54) is 18.2 Å². The molecule has 2 aromatic rings. The first kappa shape index (κ1) is 15.7. The molecule has 0 aliphatic rings. The molecule has 0 aliphatic carbocycles. The largest absolute Gasteiger partial charge is 0.453 e. The molecule has 2 rings (SSSR count). The van der Waals surface area contributed by atoms with E-state index in [0.717, 1.165) is 6.07 Å². The van der Waals surface area contributed by atoms with Gasteiger partial charge in [-0.05, 0) is 24.3 Å². The molecule has 114 valence electrons. The molecule has 0 bridgehead atoms. The smallest absolute Gasteiger partial charge is 0.407 e. The average molecular weight is 331 g/mol. The summed E-state index contributed by atoms with van der Waals surface area (Å²) in [5.74, 6) is -7.34. The lowest BCUT2D eigenvalue weighted by Crippen LogP contribution is -2.42. The van der Waals surface area contributed by atoms with Gasteiger partial charge in [0.25, 0.3) is 0 Å². The number of rotatable bonds is 2. The maximum Gasteiger partial charge on any atom is 0.407 e. The van der Waals surface area contributed by atoms with Gasteiger partial charge >= 0.3 is 12.4 Å². The summed E-state index contributed by atoms with van der Waals surface area (Å²) in [7, 11) is 0. The van der Waals surface area contributed by atoms with Gasteiger partial charge in [-0.2, -0.15) is 26.3 Å². The Morgan fingerprint density at radius 2 is 1.62 bits per heavy atom. The minimum Gasteiger partial charge on any atom is -0.453 e. The predicted molar refractivity (Wildman–Crippen MR) is 61.2 cm³/mol. The van der Waals surface area contributed by atoms with E-state index in [1.54, 1.807) is 0 Å². The number of ketones is 1. The summed E-state index contributed by atoms with van der Waals surface area (Å²) in [6, 6.07) is 4.62. The first-order valence-corrected chi connectivity index (χ1v) is 5.74. The van der Waals surface area contributed by atoms with Crippen LogP contribution in [0.15, 0.2) is 28.7 Å². The van der Waals surface area contributed by atoms with Crippen molar-refractivity contribution in [2.75, 3.05) is 0 Å². The van der Waals surface area contributed by atoms with Crippen molar-refractivity contribution in [3.05, 3.63) is 35.0 Å². The summed E-state index contributed by atoms with van der Waals surface area (Å²) in [5.41, 5.74) is -0.0363. The van der Waals surface area contributed by atoms with Gasteiger partial charge in [0, 0.05) is 10.4 Å². The number of benzene rings is 1.